The molecule has 2 rings (SSSR count). The maximum atomic E-state index is 6.02. The minimum atomic E-state index is 0.686. The number of nitrogens with two attached hydrogens (primary N) is 1. The first-order valence-corrected chi connectivity index (χ1v) is 6.56. The molecule has 0 aromatic heterocycles. The molecule has 1 aromatic rings. The number of anilines is 2. The molecule has 0 aliphatic carbocycles. The third kappa shape index (κ3) is 3.07. The van der Waals surface area contributed by atoms with Crippen molar-refractivity contribution < 1.29 is 9.22 Å². The predicted molar refractivity (Wildman–Crippen MR) is 76.1 cm³/mol. The summed E-state index contributed by atoms with van der Waals surface area (Å²) in [4.78, 5) is 0. The highest BCUT2D eigenvalue weighted by Crippen LogP contribution is 2.37. The fraction of sp³-hybridized carbons (Fsp3) is 0.571. The van der Waals surface area contributed by atoms with Gasteiger partial charge in [-0.1, -0.05) is 6.07 Å². The number of likely N-dealkylation sites (N-methyl/N-ethyl adjacent to an activating group) is 1. The molecule has 0 atom stereocenters. The van der Waals surface area contributed by atoms with E-state index in [2.05, 4.69) is 32.5 Å². The summed E-state index contributed by atoms with van der Waals surface area (Å²) in [6, 6.07) is 4.05. The maximum Gasteiger partial charge on any atom is 0.165 e. The van der Waals surface area contributed by atoms with E-state index in [-0.39, 0.29) is 0 Å². The molecular weight excluding hydrogens is 226 g/mol. The fourth-order valence-corrected chi connectivity index (χ4v) is 2.11. The molecule has 4 heteroatoms. The number of aryl methyl sites for hydroxylation is 1. The Balaban J connectivity index is 2.11. The average Bonchev–Trinajstić information content (AvgIpc) is 2.31. The lowest BCUT2D eigenvalue weighted by molar-refractivity contribution is -0.870. The van der Waals surface area contributed by atoms with Crippen LogP contribution < -0.4 is 15.8 Å². The lowest BCUT2D eigenvalue weighted by Gasteiger charge is -2.26. The maximum absolute atomic E-state index is 6.02. The first-order valence-electron chi connectivity index (χ1n) is 6.56. The molecule has 0 saturated heterocycles. The largest absolute Gasteiger partial charge is 0.483 e. The zero-order chi connectivity index (χ0) is 13.2. The molecule has 0 bridgehead atoms. The summed E-state index contributed by atoms with van der Waals surface area (Å²) in [7, 11) is 6.47. The molecule has 100 valence electrons. The van der Waals surface area contributed by atoms with Crippen LogP contribution >= 0.6 is 0 Å². The van der Waals surface area contributed by atoms with Gasteiger partial charge in [-0.25, -0.2) is 0 Å². The Hall–Kier alpha value is -1.42. The minimum Gasteiger partial charge on any atom is -0.483 e. The number of fused-ring (bicyclic) bond motifs is 1. The predicted octanol–water partition coefficient (Wildman–Crippen LogP) is 1.71. The fourth-order valence-electron chi connectivity index (χ4n) is 2.11. The molecule has 0 amide bonds. The van der Waals surface area contributed by atoms with E-state index in [1.165, 1.54) is 12.0 Å². The van der Waals surface area contributed by atoms with E-state index < -0.39 is 0 Å². The quantitative estimate of drug-likeness (QED) is 0.632. The van der Waals surface area contributed by atoms with Crippen LogP contribution in [0.4, 0.5) is 11.4 Å². The van der Waals surface area contributed by atoms with E-state index in [9.17, 15) is 0 Å². The SMILES string of the molecule is C[N+](C)(C)CCOc1c(N)ccc2c1NCCC2. The van der Waals surface area contributed by atoms with E-state index in [1.54, 1.807) is 0 Å². The number of nitrogen functional groups attached to an aromatic ring is 1. The van der Waals surface area contributed by atoms with E-state index >= 15 is 0 Å². The molecule has 0 fully saturated rings. The Kier molecular flexibility index (Phi) is 3.66. The summed E-state index contributed by atoms with van der Waals surface area (Å²) in [5.74, 6) is 0.834. The van der Waals surface area contributed by atoms with Gasteiger partial charge in [-0.05, 0) is 24.5 Å². The Labute approximate surface area is 109 Å². The smallest absolute Gasteiger partial charge is 0.165 e. The Morgan fingerprint density at radius 3 is 2.83 bits per heavy atom. The molecule has 1 aliphatic heterocycles. The van der Waals surface area contributed by atoms with Gasteiger partial charge in [0.1, 0.15) is 13.2 Å². The molecular formula is C14H24N3O+. The molecule has 0 saturated carbocycles. The third-order valence-electron chi connectivity index (χ3n) is 3.21. The van der Waals surface area contributed by atoms with Crippen LogP contribution in [0.1, 0.15) is 12.0 Å². The number of hydrogen-bond acceptors (Lipinski definition) is 3. The van der Waals surface area contributed by atoms with E-state index in [4.69, 9.17) is 10.5 Å². The molecule has 1 heterocycles. The topological polar surface area (TPSA) is 47.3 Å². The second-order valence-corrected chi connectivity index (χ2v) is 5.91. The molecule has 1 aromatic carbocycles. The van der Waals surface area contributed by atoms with Crippen molar-refractivity contribution in [2.45, 2.75) is 12.8 Å². The van der Waals surface area contributed by atoms with E-state index in [0.29, 0.717) is 6.61 Å². The second kappa shape index (κ2) is 5.06. The van der Waals surface area contributed by atoms with Crippen LogP contribution in [0.3, 0.4) is 0 Å². The lowest BCUT2D eigenvalue weighted by Crippen LogP contribution is -2.38. The van der Waals surface area contributed by atoms with E-state index in [0.717, 1.165) is 41.1 Å². The average molecular weight is 250 g/mol. The summed E-state index contributed by atoms with van der Waals surface area (Å²) in [6.45, 7) is 2.65. The second-order valence-electron chi connectivity index (χ2n) is 5.91. The van der Waals surface area contributed by atoms with Crippen LogP contribution in [0.5, 0.6) is 5.75 Å². The summed E-state index contributed by atoms with van der Waals surface area (Å²) >= 11 is 0. The number of hydrogen-bond donors (Lipinski definition) is 2. The summed E-state index contributed by atoms with van der Waals surface area (Å²) in [5.41, 5.74) is 9.17. The number of nitrogens with zero attached hydrogens (tertiary/aromatic N) is 1. The van der Waals surface area contributed by atoms with Gasteiger partial charge in [-0.15, -0.1) is 0 Å². The number of benzene rings is 1. The van der Waals surface area contributed by atoms with Gasteiger partial charge in [-0.3, -0.25) is 0 Å². The van der Waals surface area contributed by atoms with Gasteiger partial charge in [0, 0.05) is 6.54 Å². The van der Waals surface area contributed by atoms with Crippen LogP contribution in [-0.2, 0) is 6.42 Å². The van der Waals surface area contributed by atoms with Crippen LogP contribution in [0.2, 0.25) is 0 Å². The van der Waals surface area contributed by atoms with Gasteiger partial charge in [0.2, 0.25) is 0 Å². The van der Waals surface area contributed by atoms with E-state index in [1.807, 2.05) is 6.07 Å². The van der Waals surface area contributed by atoms with Crippen molar-refractivity contribution in [1.82, 2.24) is 0 Å². The van der Waals surface area contributed by atoms with Crippen LogP contribution in [0.15, 0.2) is 12.1 Å². The zero-order valence-electron chi connectivity index (χ0n) is 11.6. The standard InChI is InChI=1S/C14H24N3O/c1-17(2,3)9-10-18-14-12(15)7-6-11-5-4-8-16-13(11)14/h6-7,16H,4-5,8-10,15H2,1-3H3/q+1. The summed E-state index contributed by atoms with van der Waals surface area (Å²) < 4.78 is 6.80. The van der Waals surface area contributed by atoms with Gasteiger partial charge in [0.05, 0.1) is 32.5 Å². The van der Waals surface area contributed by atoms with Gasteiger partial charge in [0.15, 0.2) is 5.75 Å². The number of nitrogens with one attached hydrogen (secondary N) is 1. The number of rotatable bonds is 4. The van der Waals surface area contributed by atoms with Crippen molar-refractivity contribution >= 4 is 11.4 Å². The Morgan fingerprint density at radius 2 is 2.11 bits per heavy atom. The van der Waals surface area contributed by atoms with Gasteiger partial charge < -0.3 is 20.3 Å². The number of ether oxygens (including phenoxy) is 1. The highest BCUT2D eigenvalue weighted by atomic mass is 16.5. The van der Waals surface area contributed by atoms with Crippen LogP contribution in [0.25, 0.3) is 0 Å². The van der Waals surface area contributed by atoms with Crippen LogP contribution in [0, 0.1) is 0 Å². The molecule has 3 N–H and O–H groups in total. The van der Waals surface area contributed by atoms with Crippen molar-refractivity contribution in [3.63, 3.8) is 0 Å². The van der Waals surface area contributed by atoms with Crippen molar-refractivity contribution in [3.05, 3.63) is 17.7 Å². The summed E-state index contributed by atoms with van der Waals surface area (Å²) in [6.07, 6.45) is 2.28. The first-order chi connectivity index (χ1) is 8.47. The van der Waals surface area contributed by atoms with Crippen molar-refractivity contribution in [1.29, 1.82) is 0 Å². The minimum absolute atomic E-state index is 0.686. The highest BCUT2D eigenvalue weighted by molar-refractivity contribution is 5.73. The van der Waals surface area contributed by atoms with Crippen molar-refractivity contribution in [3.8, 4) is 5.75 Å². The molecule has 1 aliphatic rings. The molecule has 0 radical (unpaired) electrons. The van der Waals surface area contributed by atoms with Crippen molar-refractivity contribution in [2.75, 3.05) is 51.9 Å². The Bertz CT molecular complexity index is 424. The van der Waals surface area contributed by atoms with Crippen LogP contribution in [-0.4, -0.2) is 45.3 Å². The normalized spacial score (nSPS) is 14.8. The Morgan fingerprint density at radius 1 is 1.33 bits per heavy atom. The number of quaternary nitrogens is 1. The highest BCUT2D eigenvalue weighted by Gasteiger charge is 2.17. The zero-order valence-corrected chi connectivity index (χ0v) is 11.6. The molecule has 0 unspecified atom stereocenters. The monoisotopic (exact) mass is 250 g/mol. The van der Waals surface area contributed by atoms with Gasteiger partial charge in [-0.2, -0.15) is 0 Å². The first kappa shape index (κ1) is 13.0. The summed E-state index contributed by atoms with van der Waals surface area (Å²) in [5, 5.41) is 3.41. The van der Waals surface area contributed by atoms with Crippen molar-refractivity contribution in [2.24, 2.45) is 0 Å². The molecule has 0 spiro atoms. The molecule has 18 heavy (non-hydrogen) atoms. The van der Waals surface area contributed by atoms with Gasteiger partial charge in [0.25, 0.3) is 0 Å². The lowest BCUT2D eigenvalue weighted by atomic mass is 10.0. The molecule has 4 nitrogen and oxygen atoms in total. The van der Waals surface area contributed by atoms with Gasteiger partial charge >= 0.3 is 0 Å². The third-order valence-corrected chi connectivity index (χ3v) is 3.21.